The molecule has 0 spiro atoms. The first kappa shape index (κ1) is 14.6. The summed E-state index contributed by atoms with van der Waals surface area (Å²) < 4.78 is 10.3. The summed E-state index contributed by atoms with van der Waals surface area (Å²) in [4.78, 5) is 16.1. The second-order valence-electron chi connectivity index (χ2n) is 6.22. The Labute approximate surface area is 139 Å². The smallest absolute Gasteiger partial charge is 0.298 e. The Balaban J connectivity index is 1.50. The van der Waals surface area contributed by atoms with Crippen LogP contribution in [0.3, 0.4) is 0 Å². The molecule has 1 aliphatic heterocycles. The molecule has 6 heteroatoms. The van der Waals surface area contributed by atoms with Crippen molar-refractivity contribution in [3.05, 3.63) is 29.6 Å². The third kappa shape index (κ3) is 3.22. The highest BCUT2D eigenvalue weighted by Crippen LogP contribution is 2.35. The van der Waals surface area contributed by atoms with Gasteiger partial charge in [-0.15, -0.1) is 0 Å². The summed E-state index contributed by atoms with van der Waals surface area (Å²) in [5.41, 5.74) is 2.01. The number of carbonyl (C=O) groups is 1. The van der Waals surface area contributed by atoms with Crippen LogP contribution in [0.2, 0.25) is 0 Å². The van der Waals surface area contributed by atoms with Gasteiger partial charge in [-0.3, -0.25) is 4.79 Å². The van der Waals surface area contributed by atoms with Gasteiger partial charge in [-0.1, -0.05) is 12.8 Å². The Morgan fingerprint density at radius 1 is 1.17 bits per heavy atom. The molecule has 1 fully saturated rings. The van der Waals surface area contributed by atoms with Gasteiger partial charge in [0.05, 0.1) is 0 Å². The molecule has 1 saturated carbocycles. The van der Waals surface area contributed by atoms with Gasteiger partial charge in [0.25, 0.3) is 5.19 Å². The molecule has 1 N–H and O–H groups in total. The fraction of sp³-hybridized carbons (Fsp3) is 0.471. The summed E-state index contributed by atoms with van der Waals surface area (Å²) in [7, 11) is 0. The molecular formula is C17H19N3O2S. The lowest BCUT2D eigenvalue weighted by atomic mass is 10.1. The summed E-state index contributed by atoms with van der Waals surface area (Å²) in [6.07, 6.45) is 7.25. The number of nitrogens with one attached hydrogen (secondary N) is 1. The summed E-state index contributed by atoms with van der Waals surface area (Å²) >= 11 is 1.32. The predicted molar refractivity (Wildman–Crippen MR) is 89.2 cm³/mol. The molecule has 23 heavy (non-hydrogen) atoms. The van der Waals surface area contributed by atoms with Crippen LogP contribution in [-0.4, -0.2) is 15.3 Å². The first-order valence-electron chi connectivity index (χ1n) is 8.22. The summed E-state index contributed by atoms with van der Waals surface area (Å²) in [5, 5.41) is 3.54. The average molecular weight is 329 g/mol. The molecule has 1 aliphatic carbocycles. The maximum atomic E-state index is 11.6. The molecule has 120 valence electrons. The molecule has 2 aromatic rings. The van der Waals surface area contributed by atoms with E-state index in [0.717, 1.165) is 35.7 Å². The zero-order chi connectivity index (χ0) is 15.6. The van der Waals surface area contributed by atoms with Crippen molar-refractivity contribution in [2.45, 2.75) is 50.9 Å². The fourth-order valence-electron chi connectivity index (χ4n) is 3.33. The highest BCUT2D eigenvalue weighted by molar-refractivity contribution is 7.07. The van der Waals surface area contributed by atoms with Gasteiger partial charge < -0.3 is 10.1 Å². The number of aryl methyl sites for hydroxylation is 1. The van der Waals surface area contributed by atoms with E-state index in [1.54, 1.807) is 0 Å². The molecule has 5 nitrogen and oxygen atoms in total. The van der Waals surface area contributed by atoms with Crippen molar-refractivity contribution < 1.29 is 9.53 Å². The molecule has 0 atom stereocenters. The molecule has 0 unspecified atom stereocenters. The van der Waals surface area contributed by atoms with Crippen LogP contribution < -0.4 is 10.1 Å². The Morgan fingerprint density at radius 2 is 2.04 bits per heavy atom. The van der Waals surface area contributed by atoms with E-state index < -0.39 is 0 Å². The van der Waals surface area contributed by atoms with Crippen LogP contribution in [0.25, 0.3) is 0 Å². The molecule has 1 aromatic carbocycles. The summed E-state index contributed by atoms with van der Waals surface area (Å²) in [5.74, 6) is 2.28. The number of carbonyl (C=O) groups excluding carboxylic acids is 1. The monoisotopic (exact) mass is 329 g/mol. The van der Waals surface area contributed by atoms with Crippen LogP contribution in [-0.2, 0) is 11.2 Å². The number of fused-ring (bicyclic) bond motifs is 1. The highest BCUT2D eigenvalue weighted by Gasteiger charge is 2.22. The van der Waals surface area contributed by atoms with Crippen molar-refractivity contribution in [1.82, 2.24) is 9.36 Å². The maximum absolute atomic E-state index is 11.6. The number of hydrogen-bond acceptors (Lipinski definition) is 5. The normalized spacial score (nSPS) is 18.3. The minimum absolute atomic E-state index is 0.0859. The van der Waals surface area contributed by atoms with E-state index in [9.17, 15) is 4.79 Å². The van der Waals surface area contributed by atoms with Crippen molar-refractivity contribution in [1.29, 1.82) is 0 Å². The summed E-state index contributed by atoms with van der Waals surface area (Å²) in [6, 6.07) is 5.78. The zero-order valence-corrected chi connectivity index (χ0v) is 13.7. The predicted octanol–water partition coefficient (Wildman–Crippen LogP) is 4.26. The Morgan fingerprint density at radius 3 is 2.91 bits per heavy atom. The van der Waals surface area contributed by atoms with Crippen molar-refractivity contribution >= 4 is 23.1 Å². The lowest BCUT2D eigenvalue weighted by Crippen LogP contribution is -2.09. The Kier molecular flexibility index (Phi) is 3.99. The number of aromatic nitrogens is 2. The lowest BCUT2D eigenvalue weighted by molar-refractivity contribution is -0.116. The number of rotatable bonds is 3. The third-order valence-electron chi connectivity index (χ3n) is 4.55. The minimum Gasteiger partial charge on any atom is -0.430 e. The second-order valence-corrected chi connectivity index (χ2v) is 6.94. The number of amides is 1. The summed E-state index contributed by atoms with van der Waals surface area (Å²) in [6.45, 7) is 0. The number of nitrogens with zero attached hydrogens (tertiary/aromatic N) is 2. The van der Waals surface area contributed by atoms with Crippen molar-refractivity contribution in [3.8, 4) is 10.9 Å². The van der Waals surface area contributed by atoms with E-state index in [4.69, 9.17) is 4.74 Å². The standard InChI is InChI=1S/C17H19N3O2S/c21-15-7-3-6-12-10-13(8-9-14(12)18-15)22-17-19-16(20-23-17)11-4-1-2-5-11/h8-11H,1-7H2,(H,18,21). The zero-order valence-electron chi connectivity index (χ0n) is 12.9. The minimum atomic E-state index is 0.0859. The van der Waals surface area contributed by atoms with Gasteiger partial charge in [-0.2, -0.15) is 9.36 Å². The van der Waals surface area contributed by atoms with Crippen molar-refractivity contribution in [3.63, 3.8) is 0 Å². The van der Waals surface area contributed by atoms with Gasteiger partial charge in [-0.25, -0.2) is 0 Å². The van der Waals surface area contributed by atoms with Crippen molar-refractivity contribution in [2.24, 2.45) is 0 Å². The van der Waals surface area contributed by atoms with E-state index in [1.165, 1.54) is 37.2 Å². The van der Waals surface area contributed by atoms with E-state index in [2.05, 4.69) is 14.7 Å². The van der Waals surface area contributed by atoms with Crippen LogP contribution in [0.1, 0.15) is 55.8 Å². The van der Waals surface area contributed by atoms with Crippen LogP contribution in [0.15, 0.2) is 18.2 Å². The molecule has 2 heterocycles. The van der Waals surface area contributed by atoms with Gasteiger partial charge in [0.1, 0.15) is 11.6 Å². The Hall–Kier alpha value is -1.95. The number of benzene rings is 1. The maximum Gasteiger partial charge on any atom is 0.298 e. The molecule has 2 aliphatic rings. The molecule has 1 aromatic heterocycles. The third-order valence-corrected chi connectivity index (χ3v) is 5.16. The van der Waals surface area contributed by atoms with E-state index >= 15 is 0 Å². The van der Waals surface area contributed by atoms with Gasteiger partial charge >= 0.3 is 0 Å². The SMILES string of the molecule is O=C1CCCc2cc(Oc3nc(C4CCCC4)ns3)ccc2N1. The van der Waals surface area contributed by atoms with Crippen molar-refractivity contribution in [2.75, 3.05) is 5.32 Å². The van der Waals surface area contributed by atoms with E-state index in [0.29, 0.717) is 17.5 Å². The molecule has 0 saturated heterocycles. The Bertz CT molecular complexity index is 722. The molecule has 0 bridgehead atoms. The molecule has 4 rings (SSSR count). The molecular weight excluding hydrogens is 310 g/mol. The van der Waals surface area contributed by atoms with Crippen LogP contribution in [0.4, 0.5) is 5.69 Å². The van der Waals surface area contributed by atoms with Gasteiger partial charge in [0.2, 0.25) is 5.91 Å². The first-order valence-corrected chi connectivity index (χ1v) is 8.99. The van der Waals surface area contributed by atoms with Crippen LogP contribution >= 0.6 is 11.5 Å². The van der Waals surface area contributed by atoms with Crippen LogP contribution in [0.5, 0.6) is 10.9 Å². The molecule has 1 amide bonds. The lowest BCUT2D eigenvalue weighted by Gasteiger charge is -2.09. The quantitative estimate of drug-likeness (QED) is 0.913. The first-order chi connectivity index (χ1) is 11.3. The van der Waals surface area contributed by atoms with Gasteiger partial charge in [0, 0.05) is 29.6 Å². The second kappa shape index (κ2) is 6.28. The fourth-order valence-corrected chi connectivity index (χ4v) is 3.96. The van der Waals surface area contributed by atoms with Crippen LogP contribution in [0, 0.1) is 0 Å². The number of ether oxygens (including phenoxy) is 1. The molecule has 0 radical (unpaired) electrons. The van der Waals surface area contributed by atoms with Gasteiger partial charge in [0.15, 0.2) is 0 Å². The number of hydrogen-bond donors (Lipinski definition) is 1. The highest BCUT2D eigenvalue weighted by atomic mass is 32.1. The van der Waals surface area contributed by atoms with E-state index in [1.807, 2.05) is 18.2 Å². The van der Waals surface area contributed by atoms with E-state index in [-0.39, 0.29) is 5.91 Å². The topological polar surface area (TPSA) is 64.1 Å². The largest absolute Gasteiger partial charge is 0.430 e. The number of anilines is 1. The van der Waals surface area contributed by atoms with Gasteiger partial charge in [-0.05, 0) is 49.4 Å². The average Bonchev–Trinajstić information content (AvgIpc) is 3.17.